The maximum Gasteiger partial charge on any atom is 0.418 e. The van der Waals surface area contributed by atoms with Gasteiger partial charge < -0.3 is 10.6 Å². The zero-order valence-electron chi connectivity index (χ0n) is 15.8. The van der Waals surface area contributed by atoms with Crippen molar-refractivity contribution in [3.05, 3.63) is 69.5 Å². The number of hydrazine groups is 1. The van der Waals surface area contributed by atoms with E-state index in [2.05, 4.69) is 26.5 Å². The summed E-state index contributed by atoms with van der Waals surface area (Å²) in [5.74, 6) is -0.199. The van der Waals surface area contributed by atoms with Gasteiger partial charge in [-0.3, -0.25) is 5.43 Å². The van der Waals surface area contributed by atoms with Crippen molar-refractivity contribution in [2.75, 3.05) is 11.9 Å². The quantitative estimate of drug-likeness (QED) is 0.443. The number of carbonyl (C=O) groups is 1. The van der Waals surface area contributed by atoms with Gasteiger partial charge in [-0.15, -0.1) is 11.3 Å². The standard InChI is InChI=1S/C20H17ClF3N5OS/c21-12-7-5-11(6-8-12)16-10-31-18(26-16)13-9-25-29-17(13)28-19(30)27-15-4-2-1-3-14(15)20(22,23)24/h1-8,10,13,17,25,29H,9H2,(H2,27,28,30). The van der Waals surface area contributed by atoms with Crippen molar-refractivity contribution in [3.63, 3.8) is 0 Å². The number of halogens is 4. The predicted octanol–water partition coefficient (Wildman–Crippen LogP) is 4.82. The molecule has 0 bridgehead atoms. The molecule has 0 spiro atoms. The first-order valence-electron chi connectivity index (χ1n) is 9.25. The van der Waals surface area contributed by atoms with Crippen LogP contribution in [0, 0.1) is 0 Å². The average Bonchev–Trinajstić information content (AvgIpc) is 3.37. The number of alkyl halides is 3. The monoisotopic (exact) mass is 467 g/mol. The smallest absolute Gasteiger partial charge is 0.321 e. The van der Waals surface area contributed by atoms with E-state index in [1.54, 1.807) is 12.1 Å². The Morgan fingerprint density at radius 1 is 1.16 bits per heavy atom. The number of hydrogen-bond donors (Lipinski definition) is 4. The molecule has 31 heavy (non-hydrogen) atoms. The minimum absolute atomic E-state index is 0.199. The van der Waals surface area contributed by atoms with Crippen molar-refractivity contribution in [2.45, 2.75) is 18.3 Å². The SMILES string of the molecule is O=C(Nc1ccccc1C(F)(F)F)NC1NNCC1c1nc(-c2ccc(Cl)cc2)cs1. The molecular formula is C20H17ClF3N5OS. The molecule has 2 aromatic carbocycles. The van der Waals surface area contributed by atoms with E-state index in [9.17, 15) is 18.0 Å². The van der Waals surface area contributed by atoms with Crippen LogP contribution in [0.15, 0.2) is 53.9 Å². The number of carbonyl (C=O) groups excluding carboxylic acids is 1. The maximum absolute atomic E-state index is 13.1. The van der Waals surface area contributed by atoms with Crippen LogP contribution in [0.3, 0.4) is 0 Å². The van der Waals surface area contributed by atoms with Crippen molar-refractivity contribution in [1.82, 2.24) is 21.2 Å². The van der Waals surface area contributed by atoms with E-state index in [0.29, 0.717) is 11.6 Å². The molecule has 3 aromatic rings. The number of thiazole rings is 1. The highest BCUT2D eigenvalue weighted by atomic mass is 35.5. The van der Waals surface area contributed by atoms with E-state index in [0.717, 1.165) is 22.3 Å². The van der Waals surface area contributed by atoms with Gasteiger partial charge in [0.1, 0.15) is 11.2 Å². The third-order valence-corrected chi connectivity index (χ3v) is 5.96. The van der Waals surface area contributed by atoms with Crippen LogP contribution < -0.4 is 21.5 Å². The van der Waals surface area contributed by atoms with Crippen LogP contribution in [0.1, 0.15) is 16.5 Å². The largest absolute Gasteiger partial charge is 0.418 e. The lowest BCUT2D eigenvalue weighted by molar-refractivity contribution is -0.136. The minimum atomic E-state index is -4.57. The fourth-order valence-corrected chi connectivity index (χ4v) is 4.31. The summed E-state index contributed by atoms with van der Waals surface area (Å²) >= 11 is 7.37. The first-order chi connectivity index (χ1) is 14.8. The van der Waals surface area contributed by atoms with Gasteiger partial charge in [0.25, 0.3) is 0 Å². The van der Waals surface area contributed by atoms with Gasteiger partial charge >= 0.3 is 12.2 Å². The molecule has 0 saturated carbocycles. The summed E-state index contributed by atoms with van der Waals surface area (Å²) in [6.07, 6.45) is -5.12. The van der Waals surface area contributed by atoms with Gasteiger partial charge in [-0.25, -0.2) is 15.2 Å². The van der Waals surface area contributed by atoms with Gasteiger partial charge in [0.05, 0.1) is 22.9 Å². The number of anilines is 1. The molecule has 2 heterocycles. The van der Waals surface area contributed by atoms with E-state index < -0.39 is 23.9 Å². The molecular weight excluding hydrogens is 451 g/mol. The van der Waals surface area contributed by atoms with Crippen molar-refractivity contribution in [2.24, 2.45) is 0 Å². The van der Waals surface area contributed by atoms with Crippen molar-refractivity contribution in [1.29, 1.82) is 0 Å². The molecule has 4 rings (SSSR count). The van der Waals surface area contributed by atoms with Crippen LogP contribution in [0.4, 0.5) is 23.7 Å². The molecule has 0 radical (unpaired) electrons. The third-order valence-electron chi connectivity index (χ3n) is 4.73. The number of aromatic nitrogens is 1. The summed E-state index contributed by atoms with van der Waals surface area (Å²) < 4.78 is 39.4. The van der Waals surface area contributed by atoms with Crippen LogP contribution in [0.5, 0.6) is 0 Å². The first-order valence-corrected chi connectivity index (χ1v) is 10.5. The Bertz CT molecular complexity index is 1070. The van der Waals surface area contributed by atoms with E-state index in [1.165, 1.54) is 29.5 Å². The topological polar surface area (TPSA) is 78.1 Å². The first kappa shape index (κ1) is 21.6. The molecule has 1 aliphatic rings. The molecule has 1 fully saturated rings. The highest BCUT2D eigenvalue weighted by molar-refractivity contribution is 7.10. The lowest BCUT2D eigenvalue weighted by atomic mass is 10.1. The lowest BCUT2D eigenvalue weighted by Gasteiger charge is -2.19. The molecule has 162 valence electrons. The Labute approximate surface area is 184 Å². The Hall–Kier alpha value is -2.66. The second kappa shape index (κ2) is 8.83. The molecule has 1 aliphatic heterocycles. The summed E-state index contributed by atoms with van der Waals surface area (Å²) in [7, 11) is 0. The van der Waals surface area contributed by atoms with Crippen molar-refractivity contribution in [3.8, 4) is 11.3 Å². The van der Waals surface area contributed by atoms with Crippen LogP contribution >= 0.6 is 22.9 Å². The van der Waals surface area contributed by atoms with Crippen molar-refractivity contribution < 1.29 is 18.0 Å². The molecule has 4 N–H and O–H groups in total. The molecule has 2 amide bonds. The highest BCUT2D eigenvalue weighted by Crippen LogP contribution is 2.34. The number of amides is 2. The maximum atomic E-state index is 13.1. The number of nitrogens with zero attached hydrogens (tertiary/aromatic N) is 1. The van der Waals surface area contributed by atoms with Crippen LogP contribution in [0.2, 0.25) is 5.02 Å². The number of rotatable bonds is 4. The van der Waals surface area contributed by atoms with E-state index in [4.69, 9.17) is 11.6 Å². The average molecular weight is 468 g/mol. The fraction of sp³-hybridized carbons (Fsp3) is 0.200. The predicted molar refractivity (Wildman–Crippen MR) is 114 cm³/mol. The Balaban J connectivity index is 1.45. The molecule has 11 heteroatoms. The van der Waals surface area contributed by atoms with Crippen LogP contribution in [-0.2, 0) is 6.18 Å². The van der Waals surface area contributed by atoms with Gasteiger partial charge in [0, 0.05) is 22.5 Å². The molecule has 1 saturated heterocycles. The van der Waals surface area contributed by atoms with Gasteiger partial charge in [-0.1, -0.05) is 35.9 Å². The fourth-order valence-electron chi connectivity index (χ4n) is 3.21. The summed E-state index contributed by atoms with van der Waals surface area (Å²) in [5.41, 5.74) is 6.36. The summed E-state index contributed by atoms with van der Waals surface area (Å²) in [6, 6.07) is 11.4. The lowest BCUT2D eigenvalue weighted by Crippen LogP contribution is -2.48. The number of nitrogens with one attached hydrogen (secondary N) is 4. The van der Waals surface area contributed by atoms with E-state index in [-0.39, 0.29) is 11.6 Å². The molecule has 2 atom stereocenters. The van der Waals surface area contributed by atoms with Gasteiger partial charge in [0.15, 0.2) is 0 Å². The normalized spacial score (nSPS) is 18.7. The minimum Gasteiger partial charge on any atom is -0.321 e. The Morgan fingerprint density at radius 3 is 2.65 bits per heavy atom. The highest BCUT2D eigenvalue weighted by Gasteiger charge is 2.35. The third kappa shape index (κ3) is 4.99. The summed E-state index contributed by atoms with van der Waals surface area (Å²) in [5, 5.41) is 8.28. The second-order valence-corrected chi connectivity index (χ2v) is 8.16. The van der Waals surface area contributed by atoms with E-state index in [1.807, 2.05) is 17.5 Å². The van der Waals surface area contributed by atoms with Gasteiger partial charge in [0.2, 0.25) is 0 Å². The molecule has 6 nitrogen and oxygen atoms in total. The van der Waals surface area contributed by atoms with Gasteiger partial charge in [-0.2, -0.15) is 13.2 Å². The Morgan fingerprint density at radius 2 is 1.90 bits per heavy atom. The molecule has 1 aromatic heterocycles. The van der Waals surface area contributed by atoms with Crippen molar-refractivity contribution >= 4 is 34.7 Å². The van der Waals surface area contributed by atoms with Gasteiger partial charge in [-0.05, 0) is 24.3 Å². The summed E-state index contributed by atoms with van der Waals surface area (Å²) in [4.78, 5) is 17.1. The zero-order chi connectivity index (χ0) is 22.0. The number of hydrogen-bond acceptors (Lipinski definition) is 5. The van der Waals surface area contributed by atoms with Crippen LogP contribution in [-0.4, -0.2) is 23.7 Å². The number of benzene rings is 2. The molecule has 2 unspecified atom stereocenters. The second-order valence-electron chi connectivity index (χ2n) is 6.83. The zero-order valence-corrected chi connectivity index (χ0v) is 17.4. The van der Waals surface area contributed by atoms with Crippen LogP contribution in [0.25, 0.3) is 11.3 Å². The van der Waals surface area contributed by atoms with E-state index >= 15 is 0 Å². The molecule has 0 aliphatic carbocycles. The summed E-state index contributed by atoms with van der Waals surface area (Å²) in [6.45, 7) is 0.498. The Kier molecular flexibility index (Phi) is 6.15. The number of para-hydroxylation sites is 1. The number of urea groups is 1.